The Morgan fingerprint density at radius 3 is 2.72 bits per heavy atom. The highest BCUT2D eigenvalue weighted by molar-refractivity contribution is 5.79. The van der Waals surface area contributed by atoms with Crippen LogP contribution in [0.5, 0.6) is 0 Å². The summed E-state index contributed by atoms with van der Waals surface area (Å²) in [7, 11) is 0. The molecule has 0 N–H and O–H groups in total. The second-order valence-corrected chi connectivity index (χ2v) is 7.82. The van der Waals surface area contributed by atoms with Crippen LogP contribution in [-0.4, -0.2) is 33.9 Å². The summed E-state index contributed by atoms with van der Waals surface area (Å²) in [5.41, 5.74) is 4.79. The van der Waals surface area contributed by atoms with Gasteiger partial charge in [0.15, 0.2) is 0 Å². The van der Waals surface area contributed by atoms with E-state index in [9.17, 15) is 4.79 Å². The molecule has 4 heteroatoms. The van der Waals surface area contributed by atoms with Gasteiger partial charge in [-0.2, -0.15) is 0 Å². The lowest BCUT2D eigenvalue weighted by Gasteiger charge is -2.18. The molecule has 2 aromatic rings. The van der Waals surface area contributed by atoms with E-state index in [1.54, 1.807) is 0 Å². The Morgan fingerprint density at radius 1 is 1.24 bits per heavy atom. The molecule has 0 saturated carbocycles. The lowest BCUT2D eigenvalue weighted by molar-refractivity contribution is -0.129. The van der Waals surface area contributed by atoms with E-state index in [1.165, 1.54) is 16.8 Å². The Bertz CT molecular complexity index is 797. The van der Waals surface area contributed by atoms with E-state index in [0.717, 1.165) is 30.9 Å². The van der Waals surface area contributed by atoms with Crippen molar-refractivity contribution in [3.63, 3.8) is 0 Å². The standard InChI is InChI=1S/C21H25N3O/c1-13(2)21-22-10-17-18-12-24(11-16(18)9-19(17)23-21)20(25)8-15-6-4-14(3)5-7-15/h4-7,10,13,16,18H,8-9,11-12H2,1-3H3. The summed E-state index contributed by atoms with van der Waals surface area (Å²) in [5.74, 6) is 2.45. The predicted octanol–water partition coefficient (Wildman–Crippen LogP) is 3.25. The lowest BCUT2D eigenvalue weighted by Crippen LogP contribution is -2.31. The number of aryl methyl sites for hydroxylation is 1. The van der Waals surface area contributed by atoms with Crippen molar-refractivity contribution >= 4 is 5.91 Å². The number of hydrogen-bond acceptors (Lipinski definition) is 3. The van der Waals surface area contributed by atoms with Gasteiger partial charge in [0.1, 0.15) is 5.82 Å². The van der Waals surface area contributed by atoms with Crippen molar-refractivity contribution < 1.29 is 4.79 Å². The minimum absolute atomic E-state index is 0.236. The van der Waals surface area contributed by atoms with E-state index >= 15 is 0 Å². The number of aromatic nitrogens is 2. The number of benzene rings is 1. The maximum Gasteiger partial charge on any atom is 0.227 e. The Labute approximate surface area is 149 Å². The molecular weight excluding hydrogens is 310 g/mol. The highest BCUT2D eigenvalue weighted by Gasteiger charge is 2.42. The molecule has 4 nitrogen and oxygen atoms in total. The smallest absolute Gasteiger partial charge is 0.227 e. The van der Waals surface area contributed by atoms with Crippen LogP contribution in [0, 0.1) is 12.8 Å². The van der Waals surface area contributed by atoms with Crippen LogP contribution in [-0.2, 0) is 17.6 Å². The highest BCUT2D eigenvalue weighted by atomic mass is 16.2. The molecule has 1 amide bonds. The first-order chi connectivity index (χ1) is 12.0. The zero-order valence-electron chi connectivity index (χ0n) is 15.2. The molecule has 1 saturated heterocycles. The van der Waals surface area contributed by atoms with Crippen LogP contribution in [0.25, 0.3) is 0 Å². The van der Waals surface area contributed by atoms with Crippen molar-refractivity contribution in [1.82, 2.24) is 14.9 Å². The summed E-state index contributed by atoms with van der Waals surface area (Å²) in [6.45, 7) is 7.99. The van der Waals surface area contributed by atoms with Crippen LogP contribution in [0.1, 0.15) is 53.9 Å². The number of likely N-dealkylation sites (tertiary alicyclic amines) is 1. The minimum atomic E-state index is 0.236. The van der Waals surface area contributed by atoms with Crippen molar-refractivity contribution in [3.8, 4) is 0 Å². The molecule has 1 fully saturated rings. The van der Waals surface area contributed by atoms with E-state index in [4.69, 9.17) is 4.98 Å². The largest absolute Gasteiger partial charge is 0.341 e. The Morgan fingerprint density at radius 2 is 2.00 bits per heavy atom. The second kappa shape index (κ2) is 6.25. The zero-order valence-corrected chi connectivity index (χ0v) is 15.2. The fourth-order valence-electron chi connectivity index (χ4n) is 4.07. The van der Waals surface area contributed by atoms with E-state index in [-0.39, 0.29) is 5.91 Å². The first-order valence-electron chi connectivity index (χ1n) is 9.20. The van der Waals surface area contributed by atoms with E-state index < -0.39 is 0 Å². The van der Waals surface area contributed by atoms with Crippen LogP contribution in [0.2, 0.25) is 0 Å². The summed E-state index contributed by atoms with van der Waals surface area (Å²) >= 11 is 0. The average molecular weight is 335 g/mol. The van der Waals surface area contributed by atoms with Gasteiger partial charge in [0.25, 0.3) is 0 Å². The van der Waals surface area contributed by atoms with Gasteiger partial charge in [0.2, 0.25) is 5.91 Å². The molecule has 4 rings (SSSR count). The minimum Gasteiger partial charge on any atom is -0.341 e. The van der Waals surface area contributed by atoms with Crippen LogP contribution < -0.4 is 0 Å². The van der Waals surface area contributed by atoms with Crippen molar-refractivity contribution in [2.24, 2.45) is 5.92 Å². The number of fused-ring (bicyclic) bond motifs is 3. The van der Waals surface area contributed by atoms with Gasteiger partial charge >= 0.3 is 0 Å². The SMILES string of the molecule is Cc1ccc(CC(=O)N2CC3Cc4nc(C(C)C)ncc4C3C2)cc1. The van der Waals surface area contributed by atoms with Gasteiger partial charge in [0, 0.05) is 36.8 Å². The molecule has 2 heterocycles. The topological polar surface area (TPSA) is 46.1 Å². The van der Waals surface area contributed by atoms with Gasteiger partial charge in [-0.15, -0.1) is 0 Å². The Balaban J connectivity index is 1.45. The van der Waals surface area contributed by atoms with Gasteiger partial charge in [-0.05, 0) is 30.4 Å². The van der Waals surface area contributed by atoms with Crippen LogP contribution in [0.3, 0.4) is 0 Å². The molecule has 1 aromatic carbocycles. The zero-order chi connectivity index (χ0) is 17.6. The van der Waals surface area contributed by atoms with Gasteiger partial charge in [0.05, 0.1) is 6.42 Å². The maximum absolute atomic E-state index is 12.7. The first kappa shape index (κ1) is 16.2. The van der Waals surface area contributed by atoms with Gasteiger partial charge in [-0.25, -0.2) is 9.97 Å². The summed E-state index contributed by atoms with van der Waals surface area (Å²) in [6.07, 6.45) is 3.49. The molecule has 25 heavy (non-hydrogen) atoms. The normalized spacial score (nSPS) is 21.5. The predicted molar refractivity (Wildman–Crippen MR) is 97.5 cm³/mol. The quantitative estimate of drug-likeness (QED) is 0.865. The van der Waals surface area contributed by atoms with Crippen LogP contribution in [0.15, 0.2) is 30.5 Å². The fraction of sp³-hybridized carbons (Fsp3) is 0.476. The molecule has 0 bridgehead atoms. The molecule has 2 aliphatic rings. The molecule has 1 aliphatic heterocycles. The lowest BCUT2D eigenvalue weighted by atomic mass is 9.97. The molecule has 2 unspecified atom stereocenters. The van der Waals surface area contributed by atoms with Crippen molar-refractivity contribution in [2.45, 2.75) is 45.4 Å². The summed E-state index contributed by atoms with van der Waals surface area (Å²) in [4.78, 5) is 24.0. The Hall–Kier alpha value is -2.23. The van der Waals surface area contributed by atoms with Gasteiger partial charge < -0.3 is 4.90 Å². The first-order valence-corrected chi connectivity index (χ1v) is 9.20. The van der Waals surface area contributed by atoms with Crippen molar-refractivity contribution in [2.75, 3.05) is 13.1 Å². The fourth-order valence-corrected chi connectivity index (χ4v) is 4.07. The van der Waals surface area contributed by atoms with Crippen molar-refractivity contribution in [1.29, 1.82) is 0 Å². The third-order valence-electron chi connectivity index (χ3n) is 5.56. The maximum atomic E-state index is 12.7. The number of carbonyl (C=O) groups excluding carboxylic acids is 1. The van der Waals surface area contributed by atoms with Gasteiger partial charge in [-0.1, -0.05) is 43.7 Å². The molecule has 0 radical (unpaired) electrons. The molecular formula is C21H25N3O. The number of nitrogens with zero attached hydrogens (tertiary/aromatic N) is 3. The van der Waals surface area contributed by atoms with Gasteiger partial charge in [-0.3, -0.25) is 4.79 Å². The summed E-state index contributed by atoms with van der Waals surface area (Å²) in [6, 6.07) is 8.25. The Kier molecular flexibility index (Phi) is 4.06. The van der Waals surface area contributed by atoms with Crippen molar-refractivity contribution in [3.05, 3.63) is 58.7 Å². The number of rotatable bonds is 3. The number of carbonyl (C=O) groups is 1. The van der Waals surface area contributed by atoms with Crippen LogP contribution >= 0.6 is 0 Å². The monoisotopic (exact) mass is 335 g/mol. The molecule has 2 atom stereocenters. The highest BCUT2D eigenvalue weighted by Crippen LogP contribution is 2.42. The van der Waals surface area contributed by atoms with Crippen LogP contribution in [0.4, 0.5) is 0 Å². The average Bonchev–Trinajstić information content (AvgIpc) is 3.14. The molecule has 1 aromatic heterocycles. The number of hydrogen-bond donors (Lipinski definition) is 0. The third kappa shape index (κ3) is 3.06. The molecule has 0 spiro atoms. The van der Waals surface area contributed by atoms with E-state index in [2.05, 4.69) is 50.0 Å². The molecule has 1 aliphatic carbocycles. The summed E-state index contributed by atoms with van der Waals surface area (Å²) in [5, 5.41) is 0. The number of amides is 1. The second-order valence-electron chi connectivity index (χ2n) is 7.82. The third-order valence-corrected chi connectivity index (χ3v) is 5.56. The summed E-state index contributed by atoms with van der Waals surface area (Å²) < 4.78 is 0. The molecule has 130 valence electrons. The van der Waals surface area contributed by atoms with E-state index in [0.29, 0.717) is 24.2 Å². The van der Waals surface area contributed by atoms with E-state index in [1.807, 2.05) is 11.1 Å².